The Kier molecular flexibility index (Phi) is 8.06. The topological polar surface area (TPSA) is 108 Å². The Labute approximate surface area is 234 Å². The second-order valence-corrected chi connectivity index (χ2v) is 10.4. The molecular weight excluding hydrogens is 602 g/mol. The smallest absolute Gasteiger partial charge is 0.433 e. The van der Waals surface area contributed by atoms with Crippen molar-refractivity contribution < 1.29 is 35.6 Å². The molecule has 37 heavy (non-hydrogen) atoms. The molecule has 1 N–H and O–H groups in total. The summed E-state index contributed by atoms with van der Waals surface area (Å²) in [5.74, 6) is -0.416. The molecule has 0 atom stereocenters. The van der Waals surface area contributed by atoms with E-state index in [1.807, 2.05) is 61.5 Å². The molecule has 2 heterocycles. The van der Waals surface area contributed by atoms with Gasteiger partial charge in [-0.2, -0.15) is 16.4 Å². The maximum absolute atomic E-state index is 13.1. The van der Waals surface area contributed by atoms with Crippen LogP contribution in [0, 0.1) is 6.92 Å². The van der Waals surface area contributed by atoms with E-state index < -0.39 is 15.9 Å². The molecule has 5 rings (SSSR count). The van der Waals surface area contributed by atoms with Gasteiger partial charge >= 0.3 is 22.4 Å². The van der Waals surface area contributed by atoms with Crippen LogP contribution < -0.4 is 5.32 Å². The summed E-state index contributed by atoms with van der Waals surface area (Å²) in [5.41, 5.74) is 4.31. The van der Waals surface area contributed by atoms with Crippen LogP contribution >= 0.6 is 11.3 Å². The first-order chi connectivity index (χ1) is 17.4. The van der Waals surface area contributed by atoms with E-state index in [0.29, 0.717) is 5.69 Å². The number of thiazole rings is 1. The standard InChI is InChI=1S/C26H21N5O3S2.Ag/c1-18-7-9-19(10-8-18)24-17-23(29-31(24)21-5-3-2-4-6-21)25(32)28-20-11-13-22(14-12-20)36(33,34)30-26-27-15-16-35-26;/h2-17H,1H3,(H2,27,28,30,32);/q;+1/p-1. The predicted octanol–water partition coefficient (Wildman–Crippen LogP) is 5.95. The van der Waals surface area contributed by atoms with E-state index in [9.17, 15) is 13.2 Å². The number of nitrogens with one attached hydrogen (secondary N) is 1. The van der Waals surface area contributed by atoms with Crippen molar-refractivity contribution in [2.24, 2.45) is 0 Å². The number of sulfonamides is 1. The first-order valence-corrected chi connectivity index (χ1v) is 13.2. The number of hydrogen-bond acceptors (Lipinski definition) is 6. The number of aryl methyl sites for hydroxylation is 1. The van der Waals surface area contributed by atoms with Crippen LogP contribution in [-0.2, 0) is 32.4 Å². The molecule has 190 valence electrons. The summed E-state index contributed by atoms with van der Waals surface area (Å²) in [4.78, 5) is 16.9. The quantitative estimate of drug-likeness (QED) is 0.226. The normalized spacial score (nSPS) is 10.9. The van der Waals surface area contributed by atoms with Crippen LogP contribution in [0.1, 0.15) is 16.1 Å². The Morgan fingerprint density at radius 3 is 2.32 bits per heavy atom. The molecule has 0 aliphatic rings. The number of carbonyl (C=O) groups excluding carboxylic acids is 1. The number of benzene rings is 3. The molecule has 0 aliphatic heterocycles. The fourth-order valence-electron chi connectivity index (χ4n) is 3.51. The van der Waals surface area contributed by atoms with Crippen LogP contribution in [0.15, 0.2) is 101 Å². The van der Waals surface area contributed by atoms with Crippen molar-refractivity contribution in [3.63, 3.8) is 0 Å². The van der Waals surface area contributed by atoms with E-state index in [2.05, 4.69) is 20.1 Å². The molecule has 0 saturated heterocycles. The Hall–Kier alpha value is -3.54. The molecule has 0 fully saturated rings. The predicted molar refractivity (Wildman–Crippen MR) is 140 cm³/mol. The fraction of sp³-hybridized carbons (Fsp3) is 0.0385. The van der Waals surface area contributed by atoms with E-state index in [1.165, 1.54) is 30.5 Å². The van der Waals surface area contributed by atoms with Gasteiger partial charge in [-0.05, 0) is 54.8 Å². The monoisotopic (exact) mass is 621 g/mol. The maximum atomic E-state index is 13.1. The molecule has 3 aromatic carbocycles. The van der Waals surface area contributed by atoms with Crippen LogP contribution in [0.4, 0.5) is 10.8 Å². The van der Waals surface area contributed by atoms with Crippen LogP contribution in [0.3, 0.4) is 0 Å². The summed E-state index contributed by atoms with van der Waals surface area (Å²) < 4.78 is 30.4. The van der Waals surface area contributed by atoms with Gasteiger partial charge < -0.3 is 15.0 Å². The average Bonchev–Trinajstić information content (AvgIpc) is 3.55. The number of para-hydroxylation sites is 1. The zero-order valence-electron chi connectivity index (χ0n) is 19.4. The number of anilines is 1. The van der Waals surface area contributed by atoms with Crippen molar-refractivity contribution in [1.29, 1.82) is 0 Å². The van der Waals surface area contributed by atoms with Gasteiger partial charge in [0.25, 0.3) is 5.91 Å². The Morgan fingerprint density at radius 2 is 1.68 bits per heavy atom. The van der Waals surface area contributed by atoms with Crippen molar-refractivity contribution >= 4 is 38.1 Å². The molecule has 0 aliphatic carbocycles. The van der Waals surface area contributed by atoms with Crippen LogP contribution in [-0.4, -0.2) is 29.1 Å². The molecule has 0 spiro atoms. The Bertz CT molecular complexity index is 1600. The number of carbonyl (C=O) groups is 1. The molecule has 0 radical (unpaired) electrons. The third-order valence-electron chi connectivity index (χ3n) is 5.32. The van der Waals surface area contributed by atoms with Crippen molar-refractivity contribution in [3.8, 4) is 16.9 Å². The van der Waals surface area contributed by atoms with Gasteiger partial charge in [0.2, 0.25) is 10.0 Å². The van der Waals surface area contributed by atoms with Crippen LogP contribution in [0.5, 0.6) is 0 Å². The number of hydrogen-bond donors (Lipinski definition) is 1. The van der Waals surface area contributed by atoms with Gasteiger partial charge in [0.15, 0.2) is 5.69 Å². The zero-order valence-corrected chi connectivity index (χ0v) is 22.5. The summed E-state index contributed by atoms with van der Waals surface area (Å²) in [6, 6.07) is 25.1. The largest absolute Gasteiger partial charge is 1.00 e. The van der Waals surface area contributed by atoms with Crippen molar-refractivity contribution in [1.82, 2.24) is 14.8 Å². The summed E-state index contributed by atoms with van der Waals surface area (Å²) in [5, 5.41) is 9.15. The van der Waals surface area contributed by atoms with E-state index in [0.717, 1.165) is 33.8 Å². The summed E-state index contributed by atoms with van der Waals surface area (Å²) in [6.07, 6.45) is 1.49. The van der Waals surface area contributed by atoms with Gasteiger partial charge in [-0.25, -0.2) is 13.1 Å². The minimum Gasteiger partial charge on any atom is -0.433 e. The summed E-state index contributed by atoms with van der Waals surface area (Å²) in [7, 11) is -3.90. The second kappa shape index (κ2) is 11.2. The van der Waals surface area contributed by atoms with Crippen molar-refractivity contribution in [2.45, 2.75) is 11.8 Å². The van der Waals surface area contributed by atoms with E-state index in [4.69, 9.17) is 0 Å². The molecule has 0 bridgehead atoms. The van der Waals surface area contributed by atoms with Crippen molar-refractivity contribution in [2.75, 3.05) is 5.32 Å². The van der Waals surface area contributed by atoms with Gasteiger partial charge in [-0.15, -0.1) is 0 Å². The molecule has 0 saturated carbocycles. The number of nitrogens with zero attached hydrogens (tertiary/aromatic N) is 4. The number of aromatic nitrogens is 3. The minimum atomic E-state index is -3.90. The zero-order chi connectivity index (χ0) is 25.1. The first-order valence-electron chi connectivity index (χ1n) is 10.9. The number of amides is 1. The molecule has 11 heteroatoms. The summed E-state index contributed by atoms with van der Waals surface area (Å²) in [6.45, 7) is 2.01. The van der Waals surface area contributed by atoms with Crippen molar-refractivity contribution in [3.05, 3.63) is 112 Å². The van der Waals surface area contributed by atoms with Gasteiger partial charge in [0, 0.05) is 16.4 Å². The van der Waals surface area contributed by atoms with E-state index >= 15 is 0 Å². The van der Waals surface area contributed by atoms with E-state index in [-0.39, 0.29) is 38.1 Å². The third kappa shape index (κ3) is 6.07. The third-order valence-corrected chi connectivity index (χ3v) is 7.38. The molecule has 0 unspecified atom stereocenters. The Morgan fingerprint density at radius 1 is 0.973 bits per heavy atom. The van der Waals surface area contributed by atoms with Gasteiger partial charge in [-0.3, -0.25) is 4.79 Å². The fourth-order valence-corrected chi connectivity index (χ4v) is 5.18. The maximum Gasteiger partial charge on any atom is 1.00 e. The molecule has 2 aromatic heterocycles. The molecule has 8 nitrogen and oxygen atoms in total. The second-order valence-electron chi connectivity index (χ2n) is 7.89. The SMILES string of the molecule is Cc1ccc(-c2cc(C(=O)Nc3ccc(S(=O)(=O)[N-]c4nccs4)cc3)nn2-c2ccccc2)cc1.[Ag+]. The van der Waals surface area contributed by atoms with Gasteiger partial charge in [0.1, 0.15) is 0 Å². The molecule has 5 aromatic rings. The average molecular weight is 622 g/mol. The minimum absolute atomic E-state index is 0. The van der Waals surface area contributed by atoms with Crippen LogP contribution in [0.25, 0.3) is 21.7 Å². The van der Waals surface area contributed by atoms with Gasteiger partial charge in [0.05, 0.1) is 16.3 Å². The summed E-state index contributed by atoms with van der Waals surface area (Å²) >= 11 is 1.13. The first kappa shape index (κ1) is 26.5. The van der Waals surface area contributed by atoms with E-state index in [1.54, 1.807) is 16.1 Å². The van der Waals surface area contributed by atoms with Gasteiger partial charge in [-0.1, -0.05) is 54.2 Å². The van der Waals surface area contributed by atoms with Crippen LogP contribution in [0.2, 0.25) is 0 Å². The Balaban J connectivity index is 0.00000320. The number of rotatable bonds is 7. The molecule has 1 amide bonds. The molecular formula is C26H20AgN5O3S2.